The molecule has 0 radical (unpaired) electrons. The number of benzene rings is 1. The van der Waals surface area contributed by atoms with E-state index in [-0.39, 0.29) is 18.7 Å². The summed E-state index contributed by atoms with van der Waals surface area (Å²) in [6.45, 7) is 14.0. The molecule has 220 valence electrons. The molecule has 0 fully saturated rings. The highest BCUT2D eigenvalue weighted by Crippen LogP contribution is 2.27. The Hall–Kier alpha value is -3.10. The number of primary amides is 1. The molecule has 0 aliphatic carbocycles. The summed E-state index contributed by atoms with van der Waals surface area (Å²) < 4.78 is 5.39. The first-order valence-electron chi connectivity index (χ1n) is 14.2. The standard InChI is InChI=1S/C30H50N4O5/c1-8-10-12-13-19-34(28(37)24(16-17-25(31)35)33-29(38)39-30(5,6)7)26(27(36)32-18-11-9-2)23-15-14-21(3)20-22(23)4/h14-15,20,24,26H,8-13,16-19H2,1-7H3,(H2,31,35)(H,32,36)(H,33,38). The van der Waals surface area contributed by atoms with Gasteiger partial charge < -0.3 is 26.0 Å². The van der Waals surface area contributed by atoms with Crippen molar-refractivity contribution in [3.63, 3.8) is 0 Å². The summed E-state index contributed by atoms with van der Waals surface area (Å²) in [5.41, 5.74) is 7.29. The summed E-state index contributed by atoms with van der Waals surface area (Å²) in [4.78, 5) is 53.7. The van der Waals surface area contributed by atoms with Gasteiger partial charge in [-0.1, -0.05) is 63.3 Å². The van der Waals surface area contributed by atoms with Crippen LogP contribution in [0.2, 0.25) is 0 Å². The fraction of sp³-hybridized carbons (Fsp3) is 0.667. The Morgan fingerprint density at radius 1 is 1.00 bits per heavy atom. The van der Waals surface area contributed by atoms with Crippen molar-refractivity contribution in [3.8, 4) is 0 Å². The van der Waals surface area contributed by atoms with Gasteiger partial charge in [0.2, 0.25) is 17.7 Å². The van der Waals surface area contributed by atoms with E-state index in [4.69, 9.17) is 10.5 Å². The number of ether oxygens (including phenoxy) is 1. The van der Waals surface area contributed by atoms with Gasteiger partial charge in [0.25, 0.3) is 0 Å². The summed E-state index contributed by atoms with van der Waals surface area (Å²) in [6, 6.07) is 3.83. The lowest BCUT2D eigenvalue weighted by Gasteiger charge is -2.35. The van der Waals surface area contributed by atoms with Crippen molar-refractivity contribution < 1.29 is 23.9 Å². The van der Waals surface area contributed by atoms with E-state index in [9.17, 15) is 19.2 Å². The fourth-order valence-corrected chi connectivity index (χ4v) is 4.34. The van der Waals surface area contributed by atoms with Crippen molar-refractivity contribution in [1.82, 2.24) is 15.5 Å². The largest absolute Gasteiger partial charge is 0.444 e. The number of rotatable bonds is 16. The Kier molecular flexibility index (Phi) is 14.6. The summed E-state index contributed by atoms with van der Waals surface area (Å²) in [6.07, 6.45) is 4.46. The van der Waals surface area contributed by atoms with E-state index in [1.807, 2.05) is 39.0 Å². The third kappa shape index (κ3) is 12.5. The van der Waals surface area contributed by atoms with Gasteiger partial charge in [0.15, 0.2) is 0 Å². The Labute approximate surface area is 234 Å². The topological polar surface area (TPSA) is 131 Å². The molecule has 4 amide bonds. The van der Waals surface area contributed by atoms with E-state index < -0.39 is 35.6 Å². The zero-order chi connectivity index (χ0) is 29.6. The number of nitrogens with two attached hydrogens (primary N) is 1. The molecule has 1 rings (SSSR count). The number of carbonyl (C=O) groups is 4. The lowest BCUT2D eigenvalue weighted by molar-refractivity contribution is -0.142. The van der Waals surface area contributed by atoms with Crippen LogP contribution in [0.25, 0.3) is 0 Å². The average molecular weight is 547 g/mol. The van der Waals surface area contributed by atoms with E-state index in [1.165, 1.54) is 0 Å². The quantitative estimate of drug-likeness (QED) is 0.256. The van der Waals surface area contributed by atoms with Crippen molar-refractivity contribution in [3.05, 3.63) is 34.9 Å². The van der Waals surface area contributed by atoms with Gasteiger partial charge in [0.05, 0.1) is 0 Å². The highest BCUT2D eigenvalue weighted by Gasteiger charge is 2.36. The molecular weight excluding hydrogens is 496 g/mol. The van der Waals surface area contributed by atoms with Crippen LogP contribution in [0.1, 0.15) is 109 Å². The molecule has 9 nitrogen and oxygen atoms in total. The molecule has 2 unspecified atom stereocenters. The minimum Gasteiger partial charge on any atom is -0.444 e. The molecule has 9 heteroatoms. The third-order valence-corrected chi connectivity index (χ3v) is 6.31. The van der Waals surface area contributed by atoms with E-state index in [2.05, 4.69) is 17.6 Å². The first-order chi connectivity index (χ1) is 18.3. The van der Waals surface area contributed by atoms with E-state index in [1.54, 1.807) is 25.7 Å². The summed E-state index contributed by atoms with van der Waals surface area (Å²) in [7, 11) is 0. The molecule has 1 aromatic carbocycles. The highest BCUT2D eigenvalue weighted by molar-refractivity contribution is 5.92. The zero-order valence-electron chi connectivity index (χ0n) is 25.0. The number of aryl methyl sites for hydroxylation is 2. The van der Waals surface area contributed by atoms with Crippen molar-refractivity contribution in [2.45, 2.75) is 118 Å². The molecule has 4 N–H and O–H groups in total. The van der Waals surface area contributed by atoms with Crippen molar-refractivity contribution in [2.75, 3.05) is 13.1 Å². The number of unbranched alkanes of at least 4 members (excludes halogenated alkanes) is 4. The molecule has 1 aromatic rings. The normalized spacial score (nSPS) is 12.8. The Balaban J connectivity index is 3.53. The smallest absolute Gasteiger partial charge is 0.408 e. The first kappa shape index (κ1) is 33.9. The van der Waals surface area contributed by atoms with Crippen molar-refractivity contribution >= 4 is 23.8 Å². The van der Waals surface area contributed by atoms with Crippen LogP contribution in [0.15, 0.2) is 18.2 Å². The van der Waals surface area contributed by atoms with Crippen LogP contribution in [-0.2, 0) is 19.1 Å². The number of nitrogens with one attached hydrogen (secondary N) is 2. The van der Waals surface area contributed by atoms with Gasteiger partial charge in [-0.2, -0.15) is 0 Å². The number of nitrogens with zero attached hydrogens (tertiary/aromatic N) is 1. The van der Waals surface area contributed by atoms with E-state index in [0.717, 1.165) is 48.8 Å². The van der Waals surface area contributed by atoms with Gasteiger partial charge in [-0.25, -0.2) is 4.79 Å². The number of alkyl carbamates (subject to hydrolysis) is 1. The van der Waals surface area contributed by atoms with E-state index >= 15 is 0 Å². The minimum atomic E-state index is -1.09. The van der Waals surface area contributed by atoms with Gasteiger partial charge >= 0.3 is 6.09 Å². The first-order valence-corrected chi connectivity index (χ1v) is 14.2. The number of hydrogen-bond donors (Lipinski definition) is 3. The summed E-state index contributed by atoms with van der Waals surface area (Å²) in [5, 5.41) is 5.64. The molecule has 0 saturated carbocycles. The number of carbonyl (C=O) groups excluding carboxylic acids is 4. The molecule has 0 saturated heterocycles. The molecule has 0 aliphatic heterocycles. The average Bonchev–Trinajstić information content (AvgIpc) is 2.83. The minimum absolute atomic E-state index is 0.00404. The van der Waals surface area contributed by atoms with Crippen LogP contribution < -0.4 is 16.4 Å². The van der Waals surface area contributed by atoms with E-state index in [0.29, 0.717) is 19.5 Å². The zero-order valence-corrected chi connectivity index (χ0v) is 25.0. The molecule has 39 heavy (non-hydrogen) atoms. The molecule has 0 heterocycles. The maximum Gasteiger partial charge on any atom is 0.408 e. The maximum absolute atomic E-state index is 14.2. The van der Waals surface area contributed by atoms with Crippen LogP contribution in [-0.4, -0.2) is 53.4 Å². The third-order valence-electron chi connectivity index (χ3n) is 6.31. The predicted molar refractivity (Wildman–Crippen MR) is 154 cm³/mol. The monoisotopic (exact) mass is 546 g/mol. The van der Waals surface area contributed by atoms with Crippen molar-refractivity contribution in [2.24, 2.45) is 5.73 Å². The second-order valence-electron chi connectivity index (χ2n) is 11.2. The summed E-state index contributed by atoms with van der Waals surface area (Å²) in [5.74, 6) is -1.31. The molecule has 0 bridgehead atoms. The molecule has 0 spiro atoms. The number of hydrogen-bond acceptors (Lipinski definition) is 5. The second-order valence-corrected chi connectivity index (χ2v) is 11.2. The Morgan fingerprint density at radius 3 is 2.23 bits per heavy atom. The Morgan fingerprint density at radius 2 is 1.67 bits per heavy atom. The maximum atomic E-state index is 14.2. The molecule has 0 aliphatic rings. The van der Waals surface area contributed by atoms with Crippen LogP contribution in [0, 0.1) is 13.8 Å². The van der Waals surface area contributed by atoms with Gasteiger partial charge in [0, 0.05) is 19.5 Å². The van der Waals surface area contributed by atoms with Crippen molar-refractivity contribution in [1.29, 1.82) is 0 Å². The lowest BCUT2D eigenvalue weighted by Crippen LogP contribution is -2.53. The molecular formula is C30H50N4O5. The predicted octanol–water partition coefficient (Wildman–Crippen LogP) is 4.83. The van der Waals surface area contributed by atoms with Gasteiger partial charge in [-0.15, -0.1) is 0 Å². The Bertz CT molecular complexity index is 957. The lowest BCUT2D eigenvalue weighted by atomic mass is 9.95. The molecule has 2 atom stereocenters. The summed E-state index contributed by atoms with van der Waals surface area (Å²) >= 11 is 0. The van der Waals surface area contributed by atoms with Crippen LogP contribution in [0.3, 0.4) is 0 Å². The van der Waals surface area contributed by atoms with Crippen LogP contribution in [0.5, 0.6) is 0 Å². The van der Waals surface area contributed by atoms with Gasteiger partial charge in [-0.05, 0) is 65.0 Å². The second kappa shape index (κ2) is 16.8. The van der Waals surface area contributed by atoms with Crippen LogP contribution in [0.4, 0.5) is 4.79 Å². The fourth-order valence-electron chi connectivity index (χ4n) is 4.34. The number of amides is 4. The SMILES string of the molecule is CCCCCCN(C(=O)C(CCC(N)=O)NC(=O)OC(C)(C)C)C(C(=O)NCCCC)c1ccc(C)cc1C. The van der Waals surface area contributed by atoms with Gasteiger partial charge in [-0.3, -0.25) is 14.4 Å². The highest BCUT2D eigenvalue weighted by atomic mass is 16.6. The molecule has 0 aromatic heterocycles. The van der Waals surface area contributed by atoms with Gasteiger partial charge in [0.1, 0.15) is 17.7 Å². The van der Waals surface area contributed by atoms with Crippen LogP contribution >= 0.6 is 0 Å².